The molecule has 3 aromatic rings. The minimum atomic E-state index is -0.494. The number of halogens is 3. The highest BCUT2D eigenvalue weighted by molar-refractivity contribution is 6.34. The average molecular weight is 582 g/mol. The predicted molar refractivity (Wildman–Crippen MR) is 158 cm³/mol. The number of amides is 1. The second kappa shape index (κ2) is 11.0. The van der Waals surface area contributed by atoms with E-state index in [9.17, 15) is 4.79 Å². The SMILES string of the molecule is CC1CCN(C(=O)c2cc(C3CC3)c(OCC3(C)CN(C(c4ccccc4)c4cc(Cl)cc(Cl)c4)C3)cc2F)C1. The number of hydrogen-bond donors (Lipinski definition) is 0. The lowest BCUT2D eigenvalue weighted by molar-refractivity contribution is -0.0379. The maximum absolute atomic E-state index is 15.3. The van der Waals surface area contributed by atoms with Gasteiger partial charge in [-0.2, -0.15) is 0 Å². The van der Waals surface area contributed by atoms with Gasteiger partial charge in [-0.05, 0) is 72.1 Å². The van der Waals surface area contributed by atoms with Crippen molar-refractivity contribution in [1.29, 1.82) is 0 Å². The molecule has 0 aromatic heterocycles. The van der Waals surface area contributed by atoms with Gasteiger partial charge in [0.1, 0.15) is 11.6 Å². The summed E-state index contributed by atoms with van der Waals surface area (Å²) in [6.07, 6.45) is 3.06. The van der Waals surface area contributed by atoms with Crippen molar-refractivity contribution in [3.8, 4) is 5.75 Å². The first kappa shape index (κ1) is 27.6. The van der Waals surface area contributed by atoms with Gasteiger partial charge in [-0.15, -0.1) is 0 Å². The summed E-state index contributed by atoms with van der Waals surface area (Å²) in [5, 5.41) is 1.23. The van der Waals surface area contributed by atoms with Crippen molar-refractivity contribution in [3.63, 3.8) is 0 Å². The molecule has 2 unspecified atom stereocenters. The van der Waals surface area contributed by atoms with Gasteiger partial charge in [0.2, 0.25) is 0 Å². The molecule has 2 heterocycles. The Balaban J connectivity index is 1.18. The van der Waals surface area contributed by atoms with Crippen molar-refractivity contribution in [2.75, 3.05) is 32.8 Å². The van der Waals surface area contributed by atoms with Crippen LogP contribution in [0.15, 0.2) is 60.7 Å². The van der Waals surface area contributed by atoms with Crippen LogP contribution in [-0.4, -0.2) is 48.5 Å². The summed E-state index contributed by atoms with van der Waals surface area (Å²) < 4.78 is 21.6. The van der Waals surface area contributed by atoms with Crippen molar-refractivity contribution >= 4 is 29.1 Å². The third kappa shape index (κ3) is 5.74. The molecule has 0 spiro atoms. The minimum absolute atomic E-state index is 0.0172. The first-order chi connectivity index (χ1) is 19.2. The number of carbonyl (C=O) groups is 1. The van der Waals surface area contributed by atoms with Crippen LogP contribution in [0.25, 0.3) is 0 Å². The highest BCUT2D eigenvalue weighted by atomic mass is 35.5. The molecule has 2 saturated heterocycles. The first-order valence-corrected chi connectivity index (χ1v) is 15.0. The molecule has 1 aliphatic carbocycles. The van der Waals surface area contributed by atoms with E-state index in [-0.39, 0.29) is 22.9 Å². The molecule has 3 aromatic carbocycles. The Kier molecular flexibility index (Phi) is 7.58. The average Bonchev–Trinajstić information content (AvgIpc) is 3.65. The van der Waals surface area contributed by atoms with E-state index < -0.39 is 5.82 Å². The summed E-state index contributed by atoms with van der Waals surface area (Å²) >= 11 is 12.8. The monoisotopic (exact) mass is 580 g/mol. The van der Waals surface area contributed by atoms with E-state index in [1.165, 1.54) is 11.6 Å². The summed E-state index contributed by atoms with van der Waals surface area (Å²) in [5.74, 6) is 0.668. The van der Waals surface area contributed by atoms with E-state index in [4.69, 9.17) is 27.9 Å². The fourth-order valence-electron chi connectivity index (χ4n) is 6.31. The molecule has 0 N–H and O–H groups in total. The summed E-state index contributed by atoms with van der Waals surface area (Å²) in [4.78, 5) is 17.3. The molecule has 0 bridgehead atoms. The molecule has 1 saturated carbocycles. The molecule has 1 amide bonds. The molecule has 0 radical (unpaired) electrons. The molecule has 2 aliphatic heterocycles. The van der Waals surface area contributed by atoms with Crippen LogP contribution in [0.5, 0.6) is 5.75 Å². The Bertz CT molecular complexity index is 1380. The number of ether oxygens (including phenoxy) is 1. The summed E-state index contributed by atoms with van der Waals surface area (Å²) in [7, 11) is 0. The van der Waals surface area contributed by atoms with Crippen molar-refractivity contribution in [2.45, 2.75) is 45.1 Å². The van der Waals surface area contributed by atoms with Crippen molar-refractivity contribution in [3.05, 3.63) is 98.8 Å². The summed E-state index contributed by atoms with van der Waals surface area (Å²) in [6, 6.07) is 19.3. The largest absolute Gasteiger partial charge is 0.493 e. The van der Waals surface area contributed by atoms with Gasteiger partial charge in [0.05, 0.1) is 18.2 Å². The molecule has 2 atom stereocenters. The van der Waals surface area contributed by atoms with Crippen LogP contribution in [0.2, 0.25) is 10.0 Å². The van der Waals surface area contributed by atoms with Gasteiger partial charge in [0, 0.05) is 47.7 Å². The zero-order chi connectivity index (χ0) is 28.0. The second-order valence-electron chi connectivity index (χ2n) is 12.3. The van der Waals surface area contributed by atoms with E-state index in [1.54, 1.807) is 17.0 Å². The van der Waals surface area contributed by atoms with Gasteiger partial charge in [-0.1, -0.05) is 67.4 Å². The number of likely N-dealkylation sites (tertiary alicyclic amines) is 2. The predicted octanol–water partition coefficient (Wildman–Crippen LogP) is 7.98. The van der Waals surface area contributed by atoms with Gasteiger partial charge in [-0.3, -0.25) is 9.69 Å². The lowest BCUT2D eigenvalue weighted by atomic mass is 9.79. The Labute approximate surface area is 246 Å². The molecular formula is C33H35Cl2FN2O2. The molecule has 210 valence electrons. The number of nitrogens with zero attached hydrogens (tertiary/aromatic N) is 2. The van der Waals surface area contributed by atoms with Crippen molar-refractivity contribution in [1.82, 2.24) is 9.80 Å². The normalized spacial score (nSPS) is 21.2. The van der Waals surface area contributed by atoms with Crippen molar-refractivity contribution < 1.29 is 13.9 Å². The van der Waals surface area contributed by atoms with Crippen LogP contribution in [-0.2, 0) is 0 Å². The van der Waals surface area contributed by atoms with Gasteiger partial charge in [-0.25, -0.2) is 4.39 Å². The fourth-order valence-corrected chi connectivity index (χ4v) is 6.85. The standard InChI is InChI=1S/C33H35Cl2FN2O2/c1-21-10-11-37(17-21)32(39)28-15-27(22-8-9-22)30(16-29(28)36)40-20-33(2)18-38(19-33)31(23-6-4-3-5-7-23)24-12-25(34)14-26(35)13-24/h3-7,12-16,21-22,31H,8-11,17-20H2,1-2H3. The highest BCUT2D eigenvalue weighted by Crippen LogP contribution is 2.47. The lowest BCUT2D eigenvalue weighted by Crippen LogP contribution is -2.58. The van der Waals surface area contributed by atoms with E-state index >= 15 is 4.39 Å². The van der Waals surface area contributed by atoms with E-state index in [0.717, 1.165) is 43.5 Å². The third-order valence-corrected chi connectivity index (χ3v) is 8.92. The fraction of sp³-hybridized carbons (Fsp3) is 0.424. The van der Waals surface area contributed by atoms with E-state index in [2.05, 4.69) is 30.9 Å². The van der Waals surface area contributed by atoms with Gasteiger partial charge in [0.15, 0.2) is 0 Å². The topological polar surface area (TPSA) is 32.8 Å². The highest BCUT2D eigenvalue weighted by Gasteiger charge is 2.44. The molecular weight excluding hydrogens is 546 g/mol. The number of hydrogen-bond acceptors (Lipinski definition) is 3. The smallest absolute Gasteiger partial charge is 0.256 e. The van der Waals surface area contributed by atoms with Crippen LogP contribution in [0.4, 0.5) is 4.39 Å². The molecule has 7 heteroatoms. The van der Waals surface area contributed by atoms with E-state index in [1.807, 2.05) is 30.3 Å². The molecule has 3 fully saturated rings. The Hall–Kier alpha value is -2.60. The minimum Gasteiger partial charge on any atom is -0.493 e. The quantitative estimate of drug-likeness (QED) is 0.271. The lowest BCUT2D eigenvalue weighted by Gasteiger charge is -2.51. The molecule has 3 aliphatic rings. The van der Waals surface area contributed by atoms with Crippen LogP contribution in [0, 0.1) is 17.2 Å². The molecule has 40 heavy (non-hydrogen) atoms. The maximum atomic E-state index is 15.3. The van der Waals surface area contributed by atoms with Gasteiger partial charge >= 0.3 is 0 Å². The third-order valence-electron chi connectivity index (χ3n) is 8.48. The number of carbonyl (C=O) groups excluding carboxylic acids is 1. The van der Waals surface area contributed by atoms with Gasteiger partial charge in [0.25, 0.3) is 5.91 Å². The Morgan fingerprint density at radius 1 is 1.02 bits per heavy atom. The van der Waals surface area contributed by atoms with E-state index in [0.29, 0.717) is 47.3 Å². The summed E-state index contributed by atoms with van der Waals surface area (Å²) in [6.45, 7) is 7.80. The van der Waals surface area contributed by atoms with Crippen LogP contribution < -0.4 is 4.74 Å². The van der Waals surface area contributed by atoms with Crippen molar-refractivity contribution in [2.24, 2.45) is 11.3 Å². The summed E-state index contributed by atoms with van der Waals surface area (Å²) in [5.41, 5.74) is 3.27. The zero-order valence-corrected chi connectivity index (χ0v) is 24.5. The second-order valence-corrected chi connectivity index (χ2v) is 13.2. The number of rotatable bonds is 8. The molecule has 6 rings (SSSR count). The van der Waals surface area contributed by atoms with Crippen LogP contribution in [0.3, 0.4) is 0 Å². The zero-order valence-electron chi connectivity index (χ0n) is 23.0. The van der Waals surface area contributed by atoms with Crippen LogP contribution >= 0.6 is 23.2 Å². The maximum Gasteiger partial charge on any atom is 0.256 e. The first-order valence-electron chi connectivity index (χ1n) is 14.2. The van der Waals surface area contributed by atoms with Gasteiger partial charge < -0.3 is 9.64 Å². The Morgan fingerprint density at radius 2 is 1.73 bits per heavy atom. The molecule has 4 nitrogen and oxygen atoms in total. The van der Waals surface area contributed by atoms with Crippen LogP contribution in [0.1, 0.15) is 72.1 Å². The Morgan fingerprint density at radius 3 is 2.35 bits per heavy atom. The number of benzene rings is 3.